The molecule has 2 atom stereocenters. The lowest BCUT2D eigenvalue weighted by Gasteiger charge is -2.15. The summed E-state index contributed by atoms with van der Waals surface area (Å²) in [6, 6.07) is 9.73. The second kappa shape index (κ2) is 5.50. The minimum absolute atomic E-state index is 0.187. The Morgan fingerprint density at radius 3 is 2.40 bits per heavy atom. The highest BCUT2D eigenvalue weighted by molar-refractivity contribution is 5.32. The average molecular weight is 204 g/mol. The lowest BCUT2D eigenvalue weighted by Crippen LogP contribution is -2.27. The summed E-state index contributed by atoms with van der Waals surface area (Å²) in [5, 5.41) is 21.0. The zero-order valence-corrected chi connectivity index (χ0v) is 9.07. The topological polar surface area (TPSA) is 56.0 Å². The summed E-state index contributed by atoms with van der Waals surface area (Å²) in [5.41, 5.74) is 1.79. The van der Waals surface area contributed by atoms with Crippen LogP contribution in [0.15, 0.2) is 24.3 Å². The third-order valence-corrected chi connectivity index (χ3v) is 2.26. The molecular weight excluding hydrogens is 188 g/mol. The number of rotatable bonds is 4. The van der Waals surface area contributed by atoms with Crippen molar-refractivity contribution in [3.8, 4) is 6.07 Å². The molecular formula is C12H16N2O. The molecule has 15 heavy (non-hydrogen) atoms. The van der Waals surface area contributed by atoms with Crippen molar-refractivity contribution in [2.75, 3.05) is 6.54 Å². The SMILES string of the molecule is CC(NC[C@H](C)O)c1ccc(C#N)cc1. The van der Waals surface area contributed by atoms with Gasteiger partial charge in [0.05, 0.1) is 17.7 Å². The molecule has 0 saturated carbocycles. The number of aliphatic hydroxyl groups is 1. The summed E-state index contributed by atoms with van der Waals surface area (Å²) in [7, 11) is 0. The van der Waals surface area contributed by atoms with Crippen molar-refractivity contribution in [3.63, 3.8) is 0 Å². The molecule has 0 amide bonds. The summed E-state index contributed by atoms with van der Waals surface area (Å²) in [6.45, 7) is 4.35. The van der Waals surface area contributed by atoms with Crippen LogP contribution in [0.4, 0.5) is 0 Å². The Morgan fingerprint density at radius 1 is 1.33 bits per heavy atom. The van der Waals surface area contributed by atoms with Crippen LogP contribution in [0.3, 0.4) is 0 Å². The van der Waals surface area contributed by atoms with Crippen LogP contribution in [0, 0.1) is 11.3 Å². The van der Waals surface area contributed by atoms with Crippen molar-refractivity contribution in [2.45, 2.75) is 26.0 Å². The summed E-state index contributed by atoms with van der Waals surface area (Å²) < 4.78 is 0. The standard InChI is InChI=1S/C12H16N2O/c1-9(15)8-14-10(2)12-5-3-11(7-13)4-6-12/h3-6,9-10,14-15H,8H2,1-2H3/t9-,10?/m0/s1. The number of nitrogens with zero attached hydrogens (tertiary/aromatic N) is 1. The summed E-state index contributed by atoms with van der Waals surface area (Å²) in [4.78, 5) is 0. The van der Waals surface area contributed by atoms with Gasteiger partial charge in [0.2, 0.25) is 0 Å². The maximum Gasteiger partial charge on any atom is 0.0991 e. The van der Waals surface area contributed by atoms with Crippen molar-refractivity contribution in [3.05, 3.63) is 35.4 Å². The van der Waals surface area contributed by atoms with Crippen LogP contribution in [0.2, 0.25) is 0 Å². The molecule has 1 aromatic carbocycles. The number of nitriles is 1. The molecule has 0 saturated heterocycles. The number of benzene rings is 1. The zero-order valence-electron chi connectivity index (χ0n) is 9.07. The molecule has 3 nitrogen and oxygen atoms in total. The van der Waals surface area contributed by atoms with Crippen molar-refractivity contribution in [1.82, 2.24) is 5.32 Å². The molecule has 80 valence electrons. The maximum absolute atomic E-state index is 9.12. The second-order valence-corrected chi connectivity index (χ2v) is 3.71. The molecule has 0 aliphatic heterocycles. The van der Waals surface area contributed by atoms with Gasteiger partial charge in [-0.3, -0.25) is 0 Å². The van der Waals surface area contributed by atoms with Crippen molar-refractivity contribution in [1.29, 1.82) is 5.26 Å². The second-order valence-electron chi connectivity index (χ2n) is 3.71. The van der Waals surface area contributed by atoms with Crippen LogP contribution >= 0.6 is 0 Å². The van der Waals surface area contributed by atoms with E-state index in [1.165, 1.54) is 0 Å². The Kier molecular flexibility index (Phi) is 4.29. The van der Waals surface area contributed by atoms with E-state index < -0.39 is 0 Å². The minimum Gasteiger partial charge on any atom is -0.392 e. The van der Waals surface area contributed by atoms with E-state index in [1.54, 1.807) is 19.1 Å². The van der Waals surface area contributed by atoms with Gasteiger partial charge in [0.25, 0.3) is 0 Å². The molecule has 0 heterocycles. The third kappa shape index (κ3) is 3.70. The highest BCUT2D eigenvalue weighted by atomic mass is 16.3. The van der Waals surface area contributed by atoms with E-state index in [4.69, 9.17) is 10.4 Å². The maximum atomic E-state index is 9.12. The zero-order chi connectivity index (χ0) is 11.3. The van der Waals surface area contributed by atoms with E-state index in [9.17, 15) is 0 Å². The van der Waals surface area contributed by atoms with Gasteiger partial charge < -0.3 is 10.4 Å². The number of hydrogen-bond acceptors (Lipinski definition) is 3. The van der Waals surface area contributed by atoms with Gasteiger partial charge in [-0.2, -0.15) is 5.26 Å². The Balaban J connectivity index is 2.58. The molecule has 2 N–H and O–H groups in total. The van der Waals surface area contributed by atoms with Crippen LogP contribution in [0.5, 0.6) is 0 Å². The van der Waals surface area contributed by atoms with Crippen LogP contribution in [0.1, 0.15) is 31.0 Å². The van der Waals surface area contributed by atoms with Crippen LogP contribution in [-0.2, 0) is 0 Å². The highest BCUT2D eigenvalue weighted by Crippen LogP contribution is 2.12. The minimum atomic E-state index is -0.342. The molecule has 0 aliphatic carbocycles. The van der Waals surface area contributed by atoms with Gasteiger partial charge in [0, 0.05) is 12.6 Å². The predicted octanol–water partition coefficient (Wildman–Crippen LogP) is 1.59. The first-order valence-corrected chi connectivity index (χ1v) is 5.05. The van der Waals surface area contributed by atoms with Crippen molar-refractivity contribution in [2.24, 2.45) is 0 Å². The number of hydrogen-bond donors (Lipinski definition) is 2. The van der Waals surface area contributed by atoms with Crippen LogP contribution < -0.4 is 5.32 Å². The third-order valence-electron chi connectivity index (χ3n) is 2.26. The van der Waals surface area contributed by atoms with E-state index >= 15 is 0 Å². The van der Waals surface area contributed by atoms with Gasteiger partial charge in [-0.1, -0.05) is 12.1 Å². The van der Waals surface area contributed by atoms with E-state index in [0.29, 0.717) is 12.1 Å². The molecule has 3 heteroatoms. The molecule has 0 aromatic heterocycles. The van der Waals surface area contributed by atoms with E-state index in [0.717, 1.165) is 5.56 Å². The molecule has 1 unspecified atom stereocenters. The van der Waals surface area contributed by atoms with Gasteiger partial charge >= 0.3 is 0 Å². The molecule has 1 aromatic rings. The Hall–Kier alpha value is -1.37. The van der Waals surface area contributed by atoms with Gasteiger partial charge in [-0.25, -0.2) is 0 Å². The lowest BCUT2D eigenvalue weighted by atomic mass is 10.1. The fraction of sp³-hybridized carbons (Fsp3) is 0.417. The highest BCUT2D eigenvalue weighted by Gasteiger charge is 2.05. The van der Waals surface area contributed by atoms with Gasteiger partial charge in [-0.05, 0) is 31.5 Å². The van der Waals surface area contributed by atoms with Crippen molar-refractivity contribution < 1.29 is 5.11 Å². The van der Waals surface area contributed by atoms with Crippen LogP contribution in [0.25, 0.3) is 0 Å². The first kappa shape index (κ1) is 11.7. The van der Waals surface area contributed by atoms with Crippen molar-refractivity contribution >= 4 is 0 Å². The Labute approximate surface area is 90.4 Å². The quantitative estimate of drug-likeness (QED) is 0.783. The van der Waals surface area contributed by atoms with E-state index in [1.807, 2.05) is 19.1 Å². The fourth-order valence-electron chi connectivity index (χ4n) is 1.31. The van der Waals surface area contributed by atoms with E-state index in [2.05, 4.69) is 11.4 Å². The van der Waals surface area contributed by atoms with Gasteiger partial charge in [0.15, 0.2) is 0 Å². The molecule has 1 rings (SSSR count). The first-order valence-electron chi connectivity index (χ1n) is 5.05. The molecule has 0 aliphatic rings. The average Bonchev–Trinajstić information content (AvgIpc) is 2.26. The molecule has 0 fully saturated rings. The predicted molar refractivity (Wildman–Crippen MR) is 59.3 cm³/mol. The number of aliphatic hydroxyl groups excluding tert-OH is 1. The summed E-state index contributed by atoms with van der Waals surface area (Å²) >= 11 is 0. The number of nitrogens with one attached hydrogen (secondary N) is 1. The van der Waals surface area contributed by atoms with Gasteiger partial charge in [-0.15, -0.1) is 0 Å². The molecule has 0 radical (unpaired) electrons. The molecule has 0 spiro atoms. The Bertz CT molecular complexity index is 338. The largest absolute Gasteiger partial charge is 0.392 e. The lowest BCUT2D eigenvalue weighted by molar-refractivity contribution is 0.187. The fourth-order valence-corrected chi connectivity index (χ4v) is 1.31. The monoisotopic (exact) mass is 204 g/mol. The summed E-state index contributed by atoms with van der Waals surface area (Å²) in [5.74, 6) is 0. The van der Waals surface area contributed by atoms with Crippen LogP contribution in [-0.4, -0.2) is 17.8 Å². The smallest absolute Gasteiger partial charge is 0.0991 e. The van der Waals surface area contributed by atoms with E-state index in [-0.39, 0.29) is 12.1 Å². The normalized spacial score (nSPS) is 14.3. The molecule has 0 bridgehead atoms. The van der Waals surface area contributed by atoms with Gasteiger partial charge in [0.1, 0.15) is 0 Å². The Morgan fingerprint density at radius 2 is 1.93 bits per heavy atom. The first-order chi connectivity index (χ1) is 7.13. The summed E-state index contributed by atoms with van der Waals surface area (Å²) in [6.07, 6.45) is -0.342.